The maximum Gasteiger partial charge on any atom is 0.433 e. The molecule has 0 aliphatic heterocycles. The molecule has 0 radical (unpaired) electrons. The molecular formula is C8H4BrF6N. The molecule has 0 aromatic carbocycles. The summed E-state index contributed by atoms with van der Waals surface area (Å²) in [7, 11) is 0. The number of rotatable bonds is 2. The predicted octanol–water partition coefficient (Wildman–Crippen LogP) is 4.07. The number of nitrogens with zero attached hydrogens (tertiary/aromatic N) is 1. The molecule has 0 atom stereocenters. The van der Waals surface area contributed by atoms with E-state index < -0.39 is 29.7 Å². The number of hydrogen-bond acceptors (Lipinski definition) is 1. The summed E-state index contributed by atoms with van der Waals surface area (Å²) in [6.07, 6.45) is -8.08. The molecular weight excluding hydrogens is 304 g/mol. The van der Waals surface area contributed by atoms with E-state index in [-0.39, 0.29) is 10.9 Å². The van der Waals surface area contributed by atoms with Gasteiger partial charge in [0.25, 0.3) is 6.43 Å². The largest absolute Gasteiger partial charge is 0.433 e. The third-order valence-corrected chi connectivity index (χ3v) is 2.36. The van der Waals surface area contributed by atoms with Crippen LogP contribution >= 0.6 is 15.9 Å². The maximum atomic E-state index is 13.3. The highest BCUT2D eigenvalue weighted by molar-refractivity contribution is 9.08. The van der Waals surface area contributed by atoms with E-state index in [1.807, 2.05) is 0 Å². The molecule has 1 aromatic rings. The van der Waals surface area contributed by atoms with Crippen LogP contribution in [0.4, 0.5) is 26.3 Å². The second-order valence-corrected chi connectivity index (χ2v) is 3.35. The van der Waals surface area contributed by atoms with E-state index in [1.165, 1.54) is 0 Å². The molecule has 0 bridgehead atoms. The van der Waals surface area contributed by atoms with E-state index in [1.54, 1.807) is 0 Å². The second kappa shape index (κ2) is 4.60. The molecule has 16 heavy (non-hydrogen) atoms. The van der Waals surface area contributed by atoms with Crippen molar-refractivity contribution in [1.29, 1.82) is 0 Å². The fourth-order valence-corrected chi connectivity index (χ4v) is 1.45. The molecule has 1 rings (SSSR count). The number of alkyl halides is 6. The zero-order valence-corrected chi connectivity index (χ0v) is 9.04. The smallest absolute Gasteiger partial charge is 0.251 e. The van der Waals surface area contributed by atoms with Gasteiger partial charge in [-0.25, -0.2) is 13.2 Å². The highest BCUT2D eigenvalue weighted by atomic mass is 79.9. The van der Waals surface area contributed by atoms with Gasteiger partial charge in [0.2, 0.25) is 0 Å². The lowest BCUT2D eigenvalue weighted by molar-refractivity contribution is -0.143. The Morgan fingerprint density at radius 3 is 2.25 bits per heavy atom. The van der Waals surface area contributed by atoms with E-state index >= 15 is 0 Å². The molecule has 90 valence electrons. The minimum absolute atomic E-state index is 0.191. The Bertz CT molecular complexity index is 389. The first-order chi connectivity index (χ1) is 7.29. The van der Waals surface area contributed by atoms with Gasteiger partial charge >= 0.3 is 6.18 Å². The molecule has 1 heterocycles. The third-order valence-electron chi connectivity index (χ3n) is 1.75. The van der Waals surface area contributed by atoms with E-state index in [0.717, 1.165) is 0 Å². The van der Waals surface area contributed by atoms with Crippen LogP contribution in [-0.2, 0) is 11.5 Å². The molecule has 0 fully saturated rings. The van der Waals surface area contributed by atoms with Crippen LogP contribution in [0.2, 0.25) is 0 Å². The highest BCUT2D eigenvalue weighted by Crippen LogP contribution is 2.37. The average Bonchev–Trinajstić information content (AvgIpc) is 2.15. The van der Waals surface area contributed by atoms with Gasteiger partial charge in [-0.1, -0.05) is 15.9 Å². The zero-order valence-electron chi connectivity index (χ0n) is 7.45. The van der Waals surface area contributed by atoms with Crippen molar-refractivity contribution in [2.45, 2.75) is 17.9 Å². The molecule has 0 N–H and O–H groups in total. The van der Waals surface area contributed by atoms with Crippen LogP contribution in [-0.4, -0.2) is 4.98 Å². The first-order valence-electron chi connectivity index (χ1n) is 3.87. The van der Waals surface area contributed by atoms with Gasteiger partial charge in [0.1, 0.15) is 5.82 Å². The van der Waals surface area contributed by atoms with Crippen molar-refractivity contribution in [2.75, 3.05) is 0 Å². The van der Waals surface area contributed by atoms with E-state index in [9.17, 15) is 26.3 Å². The Hall–Kier alpha value is -0.790. The third kappa shape index (κ3) is 2.47. The van der Waals surface area contributed by atoms with Crippen LogP contribution in [0, 0.1) is 5.82 Å². The van der Waals surface area contributed by atoms with Crippen molar-refractivity contribution in [1.82, 2.24) is 4.98 Å². The van der Waals surface area contributed by atoms with Crippen LogP contribution in [0.15, 0.2) is 6.20 Å². The summed E-state index contributed by atoms with van der Waals surface area (Å²) < 4.78 is 74.7. The van der Waals surface area contributed by atoms with Crippen molar-refractivity contribution in [3.63, 3.8) is 0 Å². The van der Waals surface area contributed by atoms with Gasteiger partial charge in [-0.05, 0) is 0 Å². The second-order valence-electron chi connectivity index (χ2n) is 2.79. The van der Waals surface area contributed by atoms with Crippen molar-refractivity contribution < 1.29 is 26.3 Å². The molecule has 1 aromatic heterocycles. The van der Waals surface area contributed by atoms with Gasteiger partial charge < -0.3 is 0 Å². The first kappa shape index (κ1) is 13.3. The summed E-state index contributed by atoms with van der Waals surface area (Å²) in [4.78, 5) is 2.83. The Morgan fingerprint density at radius 2 is 1.88 bits per heavy atom. The highest BCUT2D eigenvalue weighted by Gasteiger charge is 2.39. The van der Waals surface area contributed by atoms with Gasteiger partial charge in [0.15, 0.2) is 5.69 Å². The summed E-state index contributed by atoms with van der Waals surface area (Å²) in [5.74, 6) is -1.57. The first-order valence-corrected chi connectivity index (χ1v) is 4.99. The van der Waals surface area contributed by atoms with Crippen molar-refractivity contribution in [3.8, 4) is 0 Å². The lowest BCUT2D eigenvalue weighted by Gasteiger charge is -2.13. The molecule has 0 saturated carbocycles. The SMILES string of the molecule is Fc1c(CBr)cnc(C(F)(F)F)c1C(F)F. The number of pyridine rings is 1. The Morgan fingerprint density at radius 1 is 1.31 bits per heavy atom. The number of hydrogen-bond donors (Lipinski definition) is 0. The van der Waals surface area contributed by atoms with Crippen LogP contribution in [0.25, 0.3) is 0 Å². The van der Waals surface area contributed by atoms with Gasteiger partial charge in [-0.2, -0.15) is 13.2 Å². The standard InChI is InChI=1S/C8H4BrF6N/c9-1-3-2-16-6(8(13,14)15)4(5(3)10)7(11)12/h2,7H,1H2. The van der Waals surface area contributed by atoms with Crippen LogP contribution in [0.3, 0.4) is 0 Å². The Kier molecular flexibility index (Phi) is 3.82. The Labute approximate surface area is 94.6 Å². The number of aromatic nitrogens is 1. The van der Waals surface area contributed by atoms with Gasteiger partial charge in [0.05, 0.1) is 5.56 Å². The number of halogens is 7. The molecule has 0 saturated heterocycles. The molecule has 0 aliphatic carbocycles. The molecule has 0 amide bonds. The summed E-state index contributed by atoms with van der Waals surface area (Å²) >= 11 is 2.76. The molecule has 0 spiro atoms. The fraction of sp³-hybridized carbons (Fsp3) is 0.375. The van der Waals surface area contributed by atoms with Crippen molar-refractivity contribution in [3.05, 3.63) is 28.8 Å². The summed E-state index contributed by atoms with van der Waals surface area (Å²) in [6.45, 7) is 0. The van der Waals surface area contributed by atoms with E-state index in [4.69, 9.17) is 0 Å². The average molecular weight is 308 g/mol. The van der Waals surface area contributed by atoms with Crippen LogP contribution in [0.1, 0.15) is 23.2 Å². The lowest BCUT2D eigenvalue weighted by atomic mass is 10.1. The minimum Gasteiger partial charge on any atom is -0.251 e. The normalized spacial score (nSPS) is 12.2. The molecule has 1 nitrogen and oxygen atoms in total. The van der Waals surface area contributed by atoms with E-state index in [0.29, 0.717) is 6.20 Å². The summed E-state index contributed by atoms with van der Waals surface area (Å²) in [6, 6.07) is 0. The Balaban J connectivity index is 3.47. The monoisotopic (exact) mass is 307 g/mol. The quantitative estimate of drug-likeness (QED) is 0.593. The van der Waals surface area contributed by atoms with Gasteiger partial charge in [-0.15, -0.1) is 0 Å². The topological polar surface area (TPSA) is 12.9 Å². The summed E-state index contributed by atoms with van der Waals surface area (Å²) in [5.41, 5.74) is -3.93. The fourth-order valence-electron chi connectivity index (χ4n) is 1.06. The maximum absolute atomic E-state index is 13.3. The molecule has 0 aliphatic rings. The van der Waals surface area contributed by atoms with Crippen LogP contribution < -0.4 is 0 Å². The van der Waals surface area contributed by atoms with E-state index in [2.05, 4.69) is 20.9 Å². The van der Waals surface area contributed by atoms with Crippen LogP contribution in [0.5, 0.6) is 0 Å². The summed E-state index contributed by atoms with van der Waals surface area (Å²) in [5, 5.41) is -0.191. The molecule has 8 heteroatoms. The predicted molar refractivity (Wildman–Crippen MR) is 46.8 cm³/mol. The van der Waals surface area contributed by atoms with Crippen molar-refractivity contribution in [2.24, 2.45) is 0 Å². The van der Waals surface area contributed by atoms with Gasteiger partial charge in [0, 0.05) is 17.1 Å². The minimum atomic E-state index is -5.10. The van der Waals surface area contributed by atoms with Gasteiger partial charge in [-0.3, -0.25) is 4.98 Å². The lowest BCUT2D eigenvalue weighted by Crippen LogP contribution is -2.15. The van der Waals surface area contributed by atoms with Crippen molar-refractivity contribution >= 4 is 15.9 Å². The zero-order chi connectivity index (χ0) is 12.5. The molecule has 0 unspecified atom stereocenters.